The Hall–Kier alpha value is -2.22. The van der Waals surface area contributed by atoms with Crippen molar-refractivity contribution in [2.75, 3.05) is 11.9 Å². The number of aromatic nitrogens is 3. The number of hydrogen-bond donors (Lipinski definition) is 2. The summed E-state index contributed by atoms with van der Waals surface area (Å²) in [5, 5.41) is 6.11. The molecule has 3 rings (SSSR count). The van der Waals surface area contributed by atoms with E-state index >= 15 is 0 Å². The fourth-order valence-electron chi connectivity index (χ4n) is 2.52. The Balaban J connectivity index is 1.78. The van der Waals surface area contributed by atoms with Crippen molar-refractivity contribution >= 4 is 11.8 Å². The number of rotatable bonds is 3. The first kappa shape index (κ1) is 15.7. The molecular weight excluding hydrogens is 307 g/mol. The Morgan fingerprint density at radius 2 is 1.96 bits per heavy atom. The van der Waals surface area contributed by atoms with Gasteiger partial charge < -0.3 is 10.6 Å². The molecule has 0 saturated carbocycles. The third-order valence-electron chi connectivity index (χ3n) is 3.67. The highest BCUT2D eigenvalue weighted by Gasteiger charge is 2.30. The van der Waals surface area contributed by atoms with Crippen LogP contribution < -0.4 is 10.6 Å². The summed E-state index contributed by atoms with van der Waals surface area (Å²) in [6.45, 7) is 0.937. The average Bonchev–Trinajstić information content (AvgIpc) is 2.55. The second-order valence-corrected chi connectivity index (χ2v) is 5.36. The van der Waals surface area contributed by atoms with Crippen LogP contribution in [0, 0.1) is 0 Å². The molecule has 1 fully saturated rings. The van der Waals surface area contributed by atoms with Gasteiger partial charge in [0.2, 0.25) is 5.95 Å². The van der Waals surface area contributed by atoms with E-state index in [4.69, 9.17) is 0 Å². The zero-order valence-electron chi connectivity index (χ0n) is 12.3. The van der Waals surface area contributed by atoms with Crippen molar-refractivity contribution in [3.8, 4) is 0 Å². The van der Waals surface area contributed by atoms with Gasteiger partial charge in [0, 0.05) is 18.4 Å². The first-order valence-corrected chi connectivity index (χ1v) is 7.39. The molecule has 2 N–H and O–H groups in total. The molecule has 1 aliphatic rings. The summed E-state index contributed by atoms with van der Waals surface area (Å²) in [7, 11) is 0. The van der Waals surface area contributed by atoms with Crippen molar-refractivity contribution in [3.05, 3.63) is 41.9 Å². The second kappa shape index (κ2) is 6.49. The number of anilines is 2. The lowest BCUT2D eigenvalue weighted by Crippen LogP contribution is -2.27. The maximum Gasteiger partial charge on any atom is 0.416 e. The van der Waals surface area contributed by atoms with Crippen LogP contribution in [0.3, 0.4) is 0 Å². The van der Waals surface area contributed by atoms with Crippen LogP contribution in [0.15, 0.2) is 30.6 Å². The molecule has 0 aliphatic carbocycles. The lowest BCUT2D eigenvalue weighted by atomic mass is 10.0. The van der Waals surface area contributed by atoms with Crippen molar-refractivity contribution in [1.29, 1.82) is 0 Å². The minimum atomic E-state index is -4.41. The van der Waals surface area contributed by atoms with Crippen LogP contribution in [0.1, 0.15) is 36.6 Å². The zero-order chi connectivity index (χ0) is 16.3. The summed E-state index contributed by atoms with van der Waals surface area (Å²) in [4.78, 5) is 12.3. The SMILES string of the molecule is FC(F)(F)c1ccnc(Nc2nccc(C3CCCCN3)n2)c1. The summed E-state index contributed by atoms with van der Waals surface area (Å²) >= 11 is 0. The molecule has 1 atom stereocenters. The Kier molecular flexibility index (Phi) is 4.42. The van der Waals surface area contributed by atoms with Gasteiger partial charge in [-0.15, -0.1) is 0 Å². The van der Waals surface area contributed by atoms with Crippen LogP contribution >= 0.6 is 0 Å². The molecule has 0 bridgehead atoms. The maximum atomic E-state index is 12.7. The normalized spacial score (nSPS) is 18.7. The van der Waals surface area contributed by atoms with Crippen LogP contribution in [0.25, 0.3) is 0 Å². The largest absolute Gasteiger partial charge is 0.416 e. The van der Waals surface area contributed by atoms with E-state index in [9.17, 15) is 13.2 Å². The minimum absolute atomic E-state index is 0.0635. The van der Waals surface area contributed by atoms with Gasteiger partial charge in [-0.05, 0) is 37.6 Å². The Bertz CT molecular complexity index is 668. The molecule has 0 amide bonds. The van der Waals surface area contributed by atoms with Crippen molar-refractivity contribution < 1.29 is 13.2 Å². The predicted molar refractivity (Wildman–Crippen MR) is 79.1 cm³/mol. The van der Waals surface area contributed by atoms with Crippen molar-refractivity contribution in [2.24, 2.45) is 0 Å². The third-order valence-corrected chi connectivity index (χ3v) is 3.67. The standard InChI is InChI=1S/C15H16F3N5/c16-15(17,18)10-4-7-20-13(9-10)23-14-21-8-5-12(22-14)11-3-1-2-6-19-11/h4-5,7-9,11,19H,1-3,6H2,(H,20,21,22,23). The highest BCUT2D eigenvalue weighted by atomic mass is 19.4. The first-order chi connectivity index (χ1) is 11.0. The van der Waals surface area contributed by atoms with E-state index in [1.165, 1.54) is 0 Å². The number of pyridine rings is 1. The fraction of sp³-hybridized carbons (Fsp3) is 0.400. The molecule has 2 aromatic heterocycles. The van der Waals surface area contributed by atoms with Gasteiger partial charge in [-0.3, -0.25) is 0 Å². The molecular formula is C15H16F3N5. The second-order valence-electron chi connectivity index (χ2n) is 5.36. The van der Waals surface area contributed by atoms with Crippen molar-refractivity contribution in [1.82, 2.24) is 20.3 Å². The average molecular weight is 323 g/mol. The number of hydrogen-bond acceptors (Lipinski definition) is 5. The van der Waals surface area contributed by atoms with Crippen LogP contribution in [0.4, 0.5) is 24.9 Å². The molecule has 0 aromatic carbocycles. The number of halogens is 3. The molecule has 5 nitrogen and oxygen atoms in total. The number of piperidine rings is 1. The molecule has 0 radical (unpaired) electrons. The molecule has 3 heterocycles. The molecule has 1 unspecified atom stereocenters. The highest BCUT2D eigenvalue weighted by molar-refractivity contribution is 5.49. The molecule has 23 heavy (non-hydrogen) atoms. The quantitative estimate of drug-likeness (QED) is 0.906. The Morgan fingerprint density at radius 1 is 1.13 bits per heavy atom. The molecule has 0 spiro atoms. The lowest BCUT2D eigenvalue weighted by molar-refractivity contribution is -0.137. The Morgan fingerprint density at radius 3 is 2.70 bits per heavy atom. The zero-order valence-corrected chi connectivity index (χ0v) is 12.3. The van der Waals surface area contributed by atoms with Crippen molar-refractivity contribution in [3.63, 3.8) is 0 Å². The maximum absolute atomic E-state index is 12.7. The van der Waals surface area contributed by atoms with Gasteiger partial charge in [-0.25, -0.2) is 15.0 Å². The van der Waals surface area contributed by atoms with E-state index in [-0.39, 0.29) is 17.8 Å². The number of nitrogens with zero attached hydrogens (tertiary/aromatic N) is 3. The van der Waals surface area contributed by atoms with E-state index in [1.54, 1.807) is 6.20 Å². The highest BCUT2D eigenvalue weighted by Crippen LogP contribution is 2.30. The van der Waals surface area contributed by atoms with Gasteiger partial charge >= 0.3 is 6.18 Å². The smallest absolute Gasteiger partial charge is 0.309 e. The van der Waals surface area contributed by atoms with Gasteiger partial charge in [0.1, 0.15) is 5.82 Å². The topological polar surface area (TPSA) is 62.7 Å². The van der Waals surface area contributed by atoms with E-state index in [2.05, 4.69) is 25.6 Å². The molecule has 122 valence electrons. The van der Waals surface area contributed by atoms with Crippen molar-refractivity contribution in [2.45, 2.75) is 31.5 Å². The van der Waals surface area contributed by atoms with Gasteiger partial charge in [0.25, 0.3) is 0 Å². The van der Waals surface area contributed by atoms with Crippen LogP contribution in [-0.4, -0.2) is 21.5 Å². The van der Waals surface area contributed by atoms with Crippen LogP contribution in [0.5, 0.6) is 0 Å². The minimum Gasteiger partial charge on any atom is -0.309 e. The van der Waals surface area contributed by atoms with E-state index in [1.807, 2.05) is 6.07 Å². The fourth-order valence-corrected chi connectivity index (χ4v) is 2.52. The number of nitrogens with one attached hydrogen (secondary N) is 2. The van der Waals surface area contributed by atoms with Crippen LogP contribution in [-0.2, 0) is 6.18 Å². The van der Waals surface area contributed by atoms with Gasteiger partial charge in [-0.2, -0.15) is 13.2 Å². The first-order valence-electron chi connectivity index (χ1n) is 7.39. The van der Waals surface area contributed by atoms with E-state index in [0.717, 1.165) is 49.8 Å². The molecule has 8 heteroatoms. The van der Waals surface area contributed by atoms with Crippen LogP contribution in [0.2, 0.25) is 0 Å². The molecule has 2 aromatic rings. The summed E-state index contributed by atoms with van der Waals surface area (Å²) in [5.74, 6) is 0.301. The molecule has 1 aliphatic heterocycles. The lowest BCUT2D eigenvalue weighted by Gasteiger charge is -2.23. The summed E-state index contributed by atoms with van der Waals surface area (Å²) < 4.78 is 38.2. The predicted octanol–water partition coefficient (Wildman–Crippen LogP) is 3.45. The van der Waals surface area contributed by atoms with E-state index in [0.29, 0.717) is 0 Å². The van der Waals surface area contributed by atoms with E-state index < -0.39 is 11.7 Å². The molecule has 1 saturated heterocycles. The summed E-state index contributed by atoms with van der Waals surface area (Å²) in [6.07, 6.45) is 1.54. The van der Waals surface area contributed by atoms with Gasteiger partial charge in [0.15, 0.2) is 0 Å². The van der Waals surface area contributed by atoms with Gasteiger partial charge in [-0.1, -0.05) is 6.42 Å². The summed E-state index contributed by atoms with van der Waals surface area (Å²) in [6, 6.07) is 3.83. The third kappa shape index (κ3) is 3.95. The van der Waals surface area contributed by atoms with Gasteiger partial charge in [0.05, 0.1) is 11.3 Å². The monoisotopic (exact) mass is 323 g/mol. The summed E-state index contributed by atoms with van der Waals surface area (Å²) in [5.41, 5.74) is 0.0641. The Labute approximate surface area is 131 Å². The number of alkyl halides is 3.